The molecule has 0 saturated heterocycles. The molecule has 0 aliphatic rings. The van der Waals surface area contributed by atoms with Crippen molar-refractivity contribution in [2.24, 2.45) is 5.16 Å². The molecule has 2 N–H and O–H groups in total. The molecule has 0 aliphatic carbocycles. The molecule has 0 atom stereocenters. The van der Waals surface area contributed by atoms with Crippen LogP contribution in [0, 0.1) is 5.95 Å². The summed E-state index contributed by atoms with van der Waals surface area (Å²) < 4.78 is 18.7. The van der Waals surface area contributed by atoms with Crippen LogP contribution in [-0.4, -0.2) is 23.3 Å². The molecule has 6 nitrogen and oxygen atoms in total. The predicted octanol–water partition coefficient (Wildman–Crippen LogP) is 4.48. The molecule has 0 fully saturated rings. The number of halogens is 3. The lowest BCUT2D eigenvalue weighted by Gasteiger charge is -2.09. The Bertz CT molecular complexity index is 1010. The van der Waals surface area contributed by atoms with Crippen LogP contribution < -0.4 is 10.5 Å². The normalized spacial score (nSPS) is 10.3. The fraction of sp³-hybridized carbons (Fsp3) is 0.0500. The standard InChI is InChI=1S/C20H14Cl2FN3O3/c21-15-17(24)16(22)20(25-19(15)23)28-11-14(27)29-26-18(12-7-3-1-4-8-12)13-9-5-2-6-10-13/h1-10H,11H2,(H2,24,25). The van der Waals surface area contributed by atoms with E-state index in [4.69, 9.17) is 38.5 Å². The molecule has 0 spiro atoms. The quantitative estimate of drug-likeness (QED) is 0.268. The lowest BCUT2D eigenvalue weighted by molar-refractivity contribution is -0.146. The monoisotopic (exact) mass is 433 g/mol. The van der Waals surface area contributed by atoms with Gasteiger partial charge in [-0.1, -0.05) is 89.0 Å². The molecule has 0 saturated carbocycles. The maximum absolute atomic E-state index is 13.6. The van der Waals surface area contributed by atoms with Crippen LogP contribution in [0.2, 0.25) is 10.0 Å². The number of rotatable bonds is 6. The maximum Gasteiger partial charge on any atom is 0.372 e. The summed E-state index contributed by atoms with van der Waals surface area (Å²) in [6.07, 6.45) is 0. The third-order valence-corrected chi connectivity index (χ3v) is 4.43. The second-order valence-electron chi connectivity index (χ2n) is 5.67. The van der Waals surface area contributed by atoms with Gasteiger partial charge in [-0.05, 0) is 0 Å². The summed E-state index contributed by atoms with van der Waals surface area (Å²) in [6, 6.07) is 18.4. The summed E-state index contributed by atoms with van der Waals surface area (Å²) >= 11 is 11.5. The van der Waals surface area contributed by atoms with E-state index in [-0.39, 0.29) is 16.6 Å². The molecular formula is C20H14Cl2FN3O3. The van der Waals surface area contributed by atoms with Gasteiger partial charge in [0.25, 0.3) is 0 Å². The minimum atomic E-state index is -1.06. The second-order valence-corrected chi connectivity index (χ2v) is 6.43. The van der Waals surface area contributed by atoms with Crippen molar-refractivity contribution < 1.29 is 18.8 Å². The van der Waals surface area contributed by atoms with Crippen molar-refractivity contribution >= 4 is 40.6 Å². The van der Waals surface area contributed by atoms with Crippen molar-refractivity contribution in [3.05, 3.63) is 87.8 Å². The first-order chi connectivity index (χ1) is 14.0. The van der Waals surface area contributed by atoms with Crippen molar-refractivity contribution in [2.75, 3.05) is 12.3 Å². The van der Waals surface area contributed by atoms with E-state index in [9.17, 15) is 9.18 Å². The number of oxime groups is 1. The highest BCUT2D eigenvalue weighted by Gasteiger charge is 2.18. The van der Waals surface area contributed by atoms with Crippen molar-refractivity contribution in [1.29, 1.82) is 0 Å². The molecule has 3 rings (SSSR count). The summed E-state index contributed by atoms with van der Waals surface area (Å²) in [5.74, 6) is -2.29. The number of hydrogen-bond donors (Lipinski definition) is 1. The van der Waals surface area contributed by atoms with Crippen LogP contribution in [0.4, 0.5) is 10.1 Å². The van der Waals surface area contributed by atoms with Crippen molar-refractivity contribution in [3.63, 3.8) is 0 Å². The topological polar surface area (TPSA) is 86.8 Å². The molecule has 29 heavy (non-hydrogen) atoms. The van der Waals surface area contributed by atoms with Crippen LogP contribution in [0.15, 0.2) is 65.8 Å². The van der Waals surface area contributed by atoms with E-state index >= 15 is 0 Å². The Kier molecular flexibility index (Phi) is 6.64. The predicted molar refractivity (Wildman–Crippen MR) is 109 cm³/mol. The molecule has 0 unspecified atom stereocenters. The molecule has 2 aromatic carbocycles. The number of nitrogen functional groups attached to an aromatic ring is 1. The number of aromatic nitrogens is 1. The smallest absolute Gasteiger partial charge is 0.372 e. The molecule has 9 heteroatoms. The van der Waals surface area contributed by atoms with E-state index in [1.807, 2.05) is 60.7 Å². The summed E-state index contributed by atoms with van der Waals surface area (Å²) in [7, 11) is 0. The summed E-state index contributed by atoms with van der Waals surface area (Å²) in [4.78, 5) is 20.4. The molecule has 1 heterocycles. The minimum absolute atomic E-state index is 0.207. The lowest BCUT2D eigenvalue weighted by atomic mass is 10.0. The van der Waals surface area contributed by atoms with Crippen LogP contribution in [0.25, 0.3) is 0 Å². The van der Waals surface area contributed by atoms with Gasteiger partial charge >= 0.3 is 5.97 Å². The van der Waals surface area contributed by atoms with Gasteiger partial charge in [0.2, 0.25) is 11.8 Å². The summed E-state index contributed by atoms with van der Waals surface area (Å²) in [6.45, 7) is -0.617. The van der Waals surface area contributed by atoms with Gasteiger partial charge in [-0.25, -0.2) is 4.79 Å². The first kappa shape index (κ1) is 20.6. The first-order valence-electron chi connectivity index (χ1n) is 8.28. The number of ether oxygens (including phenoxy) is 1. The van der Waals surface area contributed by atoms with Crippen molar-refractivity contribution in [3.8, 4) is 5.88 Å². The highest BCUT2D eigenvalue weighted by Crippen LogP contribution is 2.35. The molecule has 0 amide bonds. The average Bonchev–Trinajstić information content (AvgIpc) is 2.75. The molecule has 0 radical (unpaired) electrons. The van der Waals surface area contributed by atoms with Crippen LogP contribution in [-0.2, 0) is 9.63 Å². The second kappa shape index (κ2) is 9.36. The van der Waals surface area contributed by atoms with Gasteiger partial charge in [0, 0.05) is 11.1 Å². The third kappa shape index (κ3) is 5.01. The van der Waals surface area contributed by atoms with Gasteiger partial charge in [-0.15, -0.1) is 0 Å². The van der Waals surface area contributed by atoms with Gasteiger partial charge in [-0.2, -0.15) is 9.37 Å². The van der Waals surface area contributed by atoms with Gasteiger partial charge in [0.05, 0.1) is 5.69 Å². The summed E-state index contributed by atoms with van der Waals surface area (Å²) in [5, 5.41) is 3.33. The van der Waals surface area contributed by atoms with E-state index in [2.05, 4.69) is 10.1 Å². The maximum atomic E-state index is 13.6. The fourth-order valence-corrected chi connectivity index (χ4v) is 2.70. The Balaban J connectivity index is 1.74. The summed E-state index contributed by atoms with van der Waals surface area (Å²) in [5.41, 5.74) is 7.28. The van der Waals surface area contributed by atoms with E-state index in [1.165, 1.54) is 0 Å². The van der Waals surface area contributed by atoms with E-state index in [0.717, 1.165) is 11.1 Å². The highest BCUT2D eigenvalue weighted by atomic mass is 35.5. The molecule has 148 valence electrons. The zero-order valence-electron chi connectivity index (χ0n) is 14.8. The van der Waals surface area contributed by atoms with Gasteiger partial charge in [-0.3, -0.25) is 0 Å². The van der Waals surface area contributed by atoms with E-state index in [0.29, 0.717) is 5.71 Å². The van der Waals surface area contributed by atoms with Crippen molar-refractivity contribution in [2.45, 2.75) is 0 Å². The molecule has 3 aromatic rings. The number of anilines is 1. The number of hydrogen-bond acceptors (Lipinski definition) is 6. The van der Waals surface area contributed by atoms with Crippen LogP contribution >= 0.6 is 23.2 Å². The number of carbonyl (C=O) groups excluding carboxylic acids is 1. The van der Waals surface area contributed by atoms with Crippen LogP contribution in [0.3, 0.4) is 0 Å². The van der Waals surface area contributed by atoms with Crippen LogP contribution in [0.5, 0.6) is 5.88 Å². The number of nitrogens with two attached hydrogens (primary N) is 1. The minimum Gasteiger partial charge on any atom is -0.464 e. The third-order valence-electron chi connectivity index (χ3n) is 3.70. The first-order valence-corrected chi connectivity index (χ1v) is 9.04. The van der Waals surface area contributed by atoms with E-state index < -0.39 is 23.5 Å². The fourth-order valence-electron chi connectivity index (χ4n) is 2.32. The molecule has 0 bridgehead atoms. The Morgan fingerprint density at radius 1 is 1.00 bits per heavy atom. The van der Waals surface area contributed by atoms with Gasteiger partial charge < -0.3 is 15.3 Å². The van der Waals surface area contributed by atoms with Crippen LogP contribution in [0.1, 0.15) is 11.1 Å². The zero-order chi connectivity index (χ0) is 20.8. The Hall–Kier alpha value is -3.16. The average molecular weight is 434 g/mol. The molecule has 1 aromatic heterocycles. The number of pyridine rings is 1. The SMILES string of the molecule is Nc1c(Cl)c(F)nc(OCC(=O)ON=C(c2ccccc2)c2ccccc2)c1Cl. The Labute approximate surface area is 175 Å². The van der Waals surface area contributed by atoms with Crippen molar-refractivity contribution in [1.82, 2.24) is 4.98 Å². The Morgan fingerprint density at radius 3 is 2.10 bits per heavy atom. The van der Waals surface area contributed by atoms with Gasteiger partial charge in [0.15, 0.2) is 6.61 Å². The highest BCUT2D eigenvalue weighted by molar-refractivity contribution is 6.39. The number of nitrogens with zero attached hydrogens (tertiary/aromatic N) is 2. The Morgan fingerprint density at radius 2 is 1.55 bits per heavy atom. The van der Waals surface area contributed by atoms with Gasteiger partial charge in [0.1, 0.15) is 15.8 Å². The molecule has 0 aliphatic heterocycles. The number of carbonyl (C=O) groups is 1. The number of benzene rings is 2. The zero-order valence-corrected chi connectivity index (χ0v) is 16.3. The largest absolute Gasteiger partial charge is 0.464 e. The molecular weight excluding hydrogens is 420 g/mol. The van der Waals surface area contributed by atoms with E-state index in [1.54, 1.807) is 0 Å². The lowest BCUT2D eigenvalue weighted by Crippen LogP contribution is -2.15.